The molecule has 3 aromatic carbocycles. The van der Waals surface area contributed by atoms with Gasteiger partial charge in [0.1, 0.15) is 5.82 Å². The molecule has 0 aliphatic heterocycles. The quantitative estimate of drug-likeness (QED) is 0.300. The van der Waals surface area contributed by atoms with Gasteiger partial charge in [-0.25, -0.2) is 4.98 Å². The number of primary amides is 1. The number of carbonyl (C=O) groups excluding carboxylic acids is 1. The highest BCUT2D eigenvalue weighted by atomic mass is 35.5. The summed E-state index contributed by atoms with van der Waals surface area (Å²) in [6.07, 6.45) is 5.73. The van der Waals surface area contributed by atoms with E-state index in [-0.39, 0.29) is 0 Å². The Morgan fingerprint density at radius 3 is 2.43 bits per heavy atom. The minimum Gasteiger partial charge on any atom is -0.366 e. The zero-order valence-electron chi connectivity index (χ0n) is 19.6. The molecule has 1 aromatic heterocycles. The maximum atomic E-state index is 12.4. The summed E-state index contributed by atoms with van der Waals surface area (Å²) in [5.74, 6) is 0.805. The number of hydrogen-bond donors (Lipinski definition) is 1. The van der Waals surface area contributed by atoms with Crippen LogP contribution >= 0.6 is 23.2 Å². The first-order valence-electron chi connectivity index (χ1n) is 12.0. The normalized spacial score (nSPS) is 14.3. The number of imidazole rings is 1. The molecule has 0 radical (unpaired) electrons. The number of aryl methyl sites for hydroxylation is 1. The second kappa shape index (κ2) is 9.88. The van der Waals surface area contributed by atoms with Gasteiger partial charge in [0.25, 0.3) is 0 Å². The molecule has 0 unspecified atom stereocenters. The van der Waals surface area contributed by atoms with E-state index in [4.69, 9.17) is 33.9 Å². The number of benzene rings is 3. The summed E-state index contributed by atoms with van der Waals surface area (Å²) in [6, 6.07) is 21.1. The number of halogens is 2. The van der Waals surface area contributed by atoms with Crippen LogP contribution in [0.25, 0.3) is 28.2 Å². The molecule has 0 atom stereocenters. The van der Waals surface area contributed by atoms with Gasteiger partial charge in [-0.2, -0.15) is 0 Å². The Balaban J connectivity index is 1.90. The second-order valence-corrected chi connectivity index (χ2v) is 10.1. The minimum atomic E-state index is -0.481. The average molecular weight is 504 g/mol. The van der Waals surface area contributed by atoms with Crippen LogP contribution in [0.5, 0.6) is 0 Å². The predicted molar refractivity (Wildman–Crippen MR) is 144 cm³/mol. The van der Waals surface area contributed by atoms with Crippen molar-refractivity contribution in [3.63, 3.8) is 0 Å². The van der Waals surface area contributed by atoms with Crippen molar-refractivity contribution in [3.05, 3.63) is 93.7 Å². The first kappa shape index (κ1) is 23.7. The van der Waals surface area contributed by atoms with E-state index in [1.54, 1.807) is 6.07 Å². The predicted octanol–water partition coefficient (Wildman–Crippen LogP) is 7.97. The summed E-state index contributed by atoms with van der Waals surface area (Å²) in [6.45, 7) is 2.08. The molecule has 0 spiro atoms. The van der Waals surface area contributed by atoms with Crippen LogP contribution in [0.1, 0.15) is 59.8 Å². The van der Waals surface area contributed by atoms with Crippen LogP contribution in [-0.4, -0.2) is 15.5 Å². The number of aromatic nitrogens is 2. The van der Waals surface area contributed by atoms with Gasteiger partial charge >= 0.3 is 0 Å². The van der Waals surface area contributed by atoms with E-state index < -0.39 is 5.91 Å². The van der Waals surface area contributed by atoms with Crippen LogP contribution in [0.15, 0.2) is 66.7 Å². The van der Waals surface area contributed by atoms with Crippen molar-refractivity contribution in [2.75, 3.05) is 0 Å². The van der Waals surface area contributed by atoms with Gasteiger partial charge in [0.15, 0.2) is 0 Å². The molecule has 0 saturated heterocycles. The first-order chi connectivity index (χ1) is 16.9. The molecule has 1 heterocycles. The van der Waals surface area contributed by atoms with Crippen molar-refractivity contribution in [2.24, 2.45) is 5.73 Å². The molecule has 0 bridgehead atoms. The molecule has 1 fully saturated rings. The van der Waals surface area contributed by atoms with Gasteiger partial charge in [0.2, 0.25) is 5.91 Å². The number of rotatable bonds is 5. The molecule has 1 amide bonds. The van der Waals surface area contributed by atoms with Crippen LogP contribution in [0.3, 0.4) is 0 Å². The van der Waals surface area contributed by atoms with Crippen molar-refractivity contribution in [3.8, 4) is 28.2 Å². The van der Waals surface area contributed by atoms with Crippen LogP contribution in [0.4, 0.5) is 0 Å². The SMILES string of the molecule is Cc1ccc(Cl)cc1-n1c(C2CCCCC2)nc(-c2ccccc2C(N)=O)c1-c1cccc(Cl)c1. The third kappa shape index (κ3) is 4.61. The number of hydrogen-bond acceptors (Lipinski definition) is 2. The van der Waals surface area contributed by atoms with E-state index in [9.17, 15) is 4.79 Å². The molecule has 1 aliphatic carbocycles. The Bertz CT molecular complexity index is 1400. The first-order valence-corrected chi connectivity index (χ1v) is 12.7. The number of nitrogens with zero attached hydrogens (tertiary/aromatic N) is 2. The Morgan fingerprint density at radius 1 is 0.943 bits per heavy atom. The van der Waals surface area contributed by atoms with Crippen LogP contribution in [-0.2, 0) is 0 Å². The van der Waals surface area contributed by atoms with Crippen molar-refractivity contribution >= 4 is 29.1 Å². The van der Waals surface area contributed by atoms with E-state index >= 15 is 0 Å². The third-order valence-electron chi connectivity index (χ3n) is 6.83. The molecule has 35 heavy (non-hydrogen) atoms. The Morgan fingerprint density at radius 2 is 1.69 bits per heavy atom. The number of nitrogens with two attached hydrogens (primary N) is 1. The molecule has 1 aliphatic rings. The highest BCUT2D eigenvalue weighted by Gasteiger charge is 2.29. The standard InChI is InChI=1S/C29H27Cl2N3O/c1-18-14-15-22(31)17-25(18)34-27(20-10-7-11-21(30)16-20)26(23-12-5-6-13-24(23)28(32)35)33-29(34)19-8-3-2-4-9-19/h5-7,10-17,19H,2-4,8-9H2,1H3,(H2,32,35). The highest BCUT2D eigenvalue weighted by Crippen LogP contribution is 2.43. The summed E-state index contributed by atoms with van der Waals surface area (Å²) < 4.78 is 2.23. The van der Waals surface area contributed by atoms with Gasteiger partial charge < -0.3 is 5.73 Å². The van der Waals surface area contributed by atoms with Crippen LogP contribution < -0.4 is 5.73 Å². The Kier molecular flexibility index (Phi) is 6.68. The van der Waals surface area contributed by atoms with Gasteiger partial charge in [0, 0.05) is 32.7 Å². The van der Waals surface area contributed by atoms with Crippen LogP contribution in [0, 0.1) is 6.92 Å². The molecule has 5 rings (SSSR count). The second-order valence-electron chi connectivity index (χ2n) is 9.19. The van der Waals surface area contributed by atoms with E-state index in [2.05, 4.69) is 11.5 Å². The molecular weight excluding hydrogens is 477 g/mol. The van der Waals surface area contributed by atoms with Crippen LogP contribution in [0.2, 0.25) is 10.0 Å². The van der Waals surface area contributed by atoms with E-state index in [0.29, 0.717) is 27.1 Å². The molecule has 1 saturated carbocycles. The van der Waals surface area contributed by atoms with Crippen molar-refractivity contribution in [1.82, 2.24) is 9.55 Å². The zero-order chi connectivity index (χ0) is 24.5. The molecule has 178 valence electrons. The summed E-state index contributed by atoms with van der Waals surface area (Å²) in [4.78, 5) is 17.7. The van der Waals surface area contributed by atoms with Gasteiger partial charge in [0.05, 0.1) is 17.1 Å². The third-order valence-corrected chi connectivity index (χ3v) is 7.30. The maximum absolute atomic E-state index is 12.4. The Hall–Kier alpha value is -3.08. The zero-order valence-corrected chi connectivity index (χ0v) is 21.1. The van der Waals surface area contributed by atoms with Crippen molar-refractivity contribution in [2.45, 2.75) is 44.9 Å². The monoisotopic (exact) mass is 503 g/mol. The van der Waals surface area contributed by atoms with E-state index in [1.807, 2.05) is 60.7 Å². The molecule has 4 nitrogen and oxygen atoms in total. The van der Waals surface area contributed by atoms with Crippen molar-refractivity contribution in [1.29, 1.82) is 0 Å². The lowest BCUT2D eigenvalue weighted by Crippen LogP contribution is -2.12. The lowest BCUT2D eigenvalue weighted by molar-refractivity contribution is 0.100. The fourth-order valence-electron chi connectivity index (χ4n) is 5.13. The number of amides is 1. The van der Waals surface area contributed by atoms with E-state index in [0.717, 1.165) is 46.9 Å². The number of carbonyl (C=O) groups is 1. The molecule has 4 aromatic rings. The van der Waals surface area contributed by atoms with Gasteiger partial charge in [-0.3, -0.25) is 9.36 Å². The summed E-state index contributed by atoms with van der Waals surface area (Å²) in [5.41, 5.74) is 11.5. The maximum Gasteiger partial charge on any atom is 0.249 e. The highest BCUT2D eigenvalue weighted by molar-refractivity contribution is 6.31. The summed E-state index contributed by atoms with van der Waals surface area (Å²) in [7, 11) is 0. The van der Waals surface area contributed by atoms with Gasteiger partial charge in [-0.15, -0.1) is 0 Å². The topological polar surface area (TPSA) is 60.9 Å². The Labute approximate surface area is 215 Å². The van der Waals surface area contributed by atoms with E-state index in [1.165, 1.54) is 19.3 Å². The summed E-state index contributed by atoms with van der Waals surface area (Å²) >= 11 is 13.0. The molecule has 2 N–H and O–H groups in total. The smallest absolute Gasteiger partial charge is 0.249 e. The van der Waals surface area contributed by atoms with Crippen molar-refractivity contribution < 1.29 is 4.79 Å². The fraction of sp³-hybridized carbons (Fsp3) is 0.241. The fourth-order valence-corrected chi connectivity index (χ4v) is 5.49. The largest absolute Gasteiger partial charge is 0.366 e. The van der Waals surface area contributed by atoms with Gasteiger partial charge in [-0.05, 0) is 55.7 Å². The molecule has 6 heteroatoms. The average Bonchev–Trinajstić information content (AvgIpc) is 3.26. The minimum absolute atomic E-state index is 0.301. The summed E-state index contributed by atoms with van der Waals surface area (Å²) in [5, 5.41) is 1.29. The molecular formula is C29H27Cl2N3O. The lowest BCUT2D eigenvalue weighted by Gasteiger charge is -2.24. The lowest BCUT2D eigenvalue weighted by atomic mass is 9.88. The van der Waals surface area contributed by atoms with Gasteiger partial charge in [-0.1, -0.05) is 78.9 Å².